The summed E-state index contributed by atoms with van der Waals surface area (Å²) in [6, 6.07) is 3.97. The molecule has 0 bridgehead atoms. The maximum atomic E-state index is 11.7. The highest BCUT2D eigenvalue weighted by Gasteiger charge is 2.27. The van der Waals surface area contributed by atoms with Crippen LogP contribution in [0.2, 0.25) is 0 Å². The molecular weight excluding hydrogens is 290 g/mol. The van der Waals surface area contributed by atoms with Crippen molar-refractivity contribution in [2.45, 2.75) is 33.2 Å². The Hall–Kier alpha value is -2.11. The zero-order valence-electron chi connectivity index (χ0n) is 14.1. The van der Waals surface area contributed by atoms with Gasteiger partial charge in [-0.2, -0.15) is 0 Å². The van der Waals surface area contributed by atoms with Gasteiger partial charge in [-0.15, -0.1) is 0 Å². The number of carbonyl (C=O) groups is 1. The van der Waals surface area contributed by atoms with Crippen LogP contribution in [-0.4, -0.2) is 45.6 Å². The molecule has 6 heteroatoms. The molecule has 23 heavy (non-hydrogen) atoms. The largest absolute Gasteiger partial charge is 0.341 e. The fourth-order valence-corrected chi connectivity index (χ4v) is 3.32. The molecule has 1 aliphatic rings. The summed E-state index contributed by atoms with van der Waals surface area (Å²) in [5.41, 5.74) is 1.93. The molecule has 1 N–H and O–H groups in total. The number of fused-ring (bicyclic) bond motifs is 1. The molecule has 0 radical (unpaired) electrons. The van der Waals surface area contributed by atoms with Crippen molar-refractivity contribution >= 4 is 17.2 Å². The van der Waals surface area contributed by atoms with Gasteiger partial charge in [0.2, 0.25) is 0 Å². The summed E-state index contributed by atoms with van der Waals surface area (Å²) in [5.74, 6) is 2.10. The molecule has 2 amide bonds. The number of aromatic nitrogens is 3. The van der Waals surface area contributed by atoms with Crippen molar-refractivity contribution in [3.05, 3.63) is 24.2 Å². The number of hydrogen-bond acceptors (Lipinski definition) is 3. The molecule has 0 unspecified atom stereocenters. The Morgan fingerprint density at radius 2 is 2.30 bits per heavy atom. The van der Waals surface area contributed by atoms with E-state index in [0.29, 0.717) is 11.8 Å². The van der Waals surface area contributed by atoms with Crippen molar-refractivity contribution in [2.75, 3.05) is 20.1 Å². The van der Waals surface area contributed by atoms with Gasteiger partial charge in [-0.25, -0.2) is 14.8 Å². The van der Waals surface area contributed by atoms with Crippen LogP contribution < -0.4 is 5.32 Å². The number of nitrogens with one attached hydrogen (secondary N) is 1. The van der Waals surface area contributed by atoms with E-state index < -0.39 is 0 Å². The summed E-state index contributed by atoms with van der Waals surface area (Å²) in [6.45, 7) is 6.97. The first-order valence-electron chi connectivity index (χ1n) is 8.35. The van der Waals surface area contributed by atoms with E-state index in [1.165, 1.54) is 0 Å². The third-order valence-electron chi connectivity index (χ3n) is 4.39. The number of urea groups is 1. The highest BCUT2D eigenvalue weighted by Crippen LogP contribution is 2.23. The smallest absolute Gasteiger partial charge is 0.317 e. The van der Waals surface area contributed by atoms with Crippen molar-refractivity contribution in [1.82, 2.24) is 24.8 Å². The van der Waals surface area contributed by atoms with Gasteiger partial charge in [-0.3, -0.25) is 0 Å². The number of likely N-dealkylation sites (tertiary alicyclic amines) is 1. The molecule has 3 rings (SSSR count). The number of pyridine rings is 1. The number of imidazole rings is 1. The molecule has 0 spiro atoms. The second-order valence-corrected chi connectivity index (χ2v) is 6.74. The van der Waals surface area contributed by atoms with E-state index in [4.69, 9.17) is 4.98 Å². The fraction of sp³-hybridized carbons (Fsp3) is 0.588. The van der Waals surface area contributed by atoms with Gasteiger partial charge >= 0.3 is 6.03 Å². The van der Waals surface area contributed by atoms with Crippen LogP contribution in [0.5, 0.6) is 0 Å². The van der Waals surface area contributed by atoms with Crippen LogP contribution in [0.15, 0.2) is 18.3 Å². The fourth-order valence-electron chi connectivity index (χ4n) is 3.32. The molecule has 0 aliphatic carbocycles. The Bertz CT molecular complexity index is 693. The number of rotatable bonds is 4. The Balaban J connectivity index is 1.81. The van der Waals surface area contributed by atoms with Crippen molar-refractivity contribution in [1.29, 1.82) is 0 Å². The predicted molar refractivity (Wildman–Crippen MR) is 90.2 cm³/mol. The number of hydrogen-bond donors (Lipinski definition) is 1. The van der Waals surface area contributed by atoms with Gasteiger partial charge in [0.25, 0.3) is 0 Å². The van der Waals surface area contributed by atoms with Crippen LogP contribution in [0.1, 0.15) is 26.1 Å². The van der Waals surface area contributed by atoms with E-state index in [0.717, 1.165) is 49.5 Å². The average Bonchev–Trinajstić information content (AvgIpc) is 3.12. The summed E-state index contributed by atoms with van der Waals surface area (Å²) in [6.07, 6.45) is 3.76. The molecule has 1 aliphatic heterocycles. The molecule has 1 saturated heterocycles. The molecule has 0 aromatic carbocycles. The molecule has 6 nitrogen and oxygen atoms in total. The number of carbonyl (C=O) groups excluding carboxylic acids is 1. The minimum Gasteiger partial charge on any atom is -0.341 e. The first-order valence-corrected chi connectivity index (χ1v) is 8.35. The summed E-state index contributed by atoms with van der Waals surface area (Å²) >= 11 is 0. The maximum Gasteiger partial charge on any atom is 0.317 e. The lowest BCUT2D eigenvalue weighted by molar-refractivity contribution is 0.209. The Morgan fingerprint density at radius 1 is 1.48 bits per heavy atom. The number of amides is 2. The van der Waals surface area contributed by atoms with E-state index in [1.54, 1.807) is 7.05 Å². The molecule has 124 valence electrons. The zero-order chi connectivity index (χ0) is 16.4. The molecule has 2 aromatic rings. The Labute approximate surface area is 136 Å². The van der Waals surface area contributed by atoms with Crippen LogP contribution in [0.3, 0.4) is 0 Å². The van der Waals surface area contributed by atoms with E-state index in [9.17, 15) is 4.79 Å². The minimum atomic E-state index is 0.0184. The standard InChI is InChI=1S/C17H25N5O/c1-12(2)10-22-15(20-14-5-4-7-19-16(14)22)9-13-6-8-21(11-13)17(23)18-3/h4-5,7,12-13H,6,8-11H2,1-3H3,(H,18,23)/t13-/m0/s1. The molecule has 0 saturated carbocycles. The topological polar surface area (TPSA) is 63.1 Å². The van der Waals surface area contributed by atoms with E-state index in [2.05, 4.69) is 28.7 Å². The lowest BCUT2D eigenvalue weighted by atomic mass is 10.0. The zero-order valence-corrected chi connectivity index (χ0v) is 14.1. The van der Waals surface area contributed by atoms with Gasteiger partial charge in [0.05, 0.1) is 0 Å². The average molecular weight is 315 g/mol. The lowest BCUT2D eigenvalue weighted by Crippen LogP contribution is -2.36. The van der Waals surface area contributed by atoms with E-state index >= 15 is 0 Å². The lowest BCUT2D eigenvalue weighted by Gasteiger charge is -2.16. The Morgan fingerprint density at radius 3 is 3.04 bits per heavy atom. The monoisotopic (exact) mass is 315 g/mol. The molecule has 2 aromatic heterocycles. The van der Waals surface area contributed by atoms with Gasteiger partial charge in [-0.05, 0) is 30.4 Å². The van der Waals surface area contributed by atoms with Gasteiger partial charge in [0.1, 0.15) is 11.3 Å². The van der Waals surface area contributed by atoms with E-state index in [1.807, 2.05) is 23.2 Å². The molecule has 1 atom stereocenters. The van der Waals surface area contributed by atoms with Crippen molar-refractivity contribution in [3.63, 3.8) is 0 Å². The quantitative estimate of drug-likeness (QED) is 0.941. The molecule has 3 heterocycles. The summed E-state index contributed by atoms with van der Waals surface area (Å²) in [4.78, 5) is 22.9. The SMILES string of the molecule is CNC(=O)N1CC[C@@H](Cc2nc3cccnc3n2CC(C)C)C1. The first kappa shape index (κ1) is 15.8. The summed E-state index contributed by atoms with van der Waals surface area (Å²) < 4.78 is 2.25. The second-order valence-electron chi connectivity index (χ2n) is 6.74. The highest BCUT2D eigenvalue weighted by molar-refractivity contribution is 5.74. The van der Waals surface area contributed by atoms with Crippen LogP contribution in [0.4, 0.5) is 4.79 Å². The maximum absolute atomic E-state index is 11.7. The van der Waals surface area contributed by atoms with Gasteiger partial charge in [0, 0.05) is 39.3 Å². The van der Waals surface area contributed by atoms with Gasteiger partial charge in [-0.1, -0.05) is 13.8 Å². The molecule has 1 fully saturated rings. The first-order chi connectivity index (χ1) is 11.1. The summed E-state index contributed by atoms with van der Waals surface area (Å²) in [7, 11) is 1.68. The van der Waals surface area contributed by atoms with Crippen LogP contribution in [0, 0.1) is 11.8 Å². The minimum absolute atomic E-state index is 0.0184. The second kappa shape index (κ2) is 6.56. The normalized spacial score (nSPS) is 18.1. The Kier molecular flexibility index (Phi) is 4.50. The number of nitrogens with zero attached hydrogens (tertiary/aromatic N) is 4. The predicted octanol–water partition coefficient (Wildman–Crippen LogP) is 2.29. The van der Waals surface area contributed by atoms with Crippen LogP contribution in [-0.2, 0) is 13.0 Å². The van der Waals surface area contributed by atoms with E-state index in [-0.39, 0.29) is 6.03 Å². The van der Waals surface area contributed by atoms with Crippen molar-refractivity contribution < 1.29 is 4.79 Å². The van der Waals surface area contributed by atoms with Crippen molar-refractivity contribution in [2.24, 2.45) is 11.8 Å². The van der Waals surface area contributed by atoms with Gasteiger partial charge in [0.15, 0.2) is 5.65 Å². The van der Waals surface area contributed by atoms with Crippen LogP contribution in [0.25, 0.3) is 11.2 Å². The van der Waals surface area contributed by atoms with Crippen LogP contribution >= 0.6 is 0 Å². The molecular formula is C17H25N5O. The summed E-state index contributed by atoms with van der Waals surface area (Å²) in [5, 5.41) is 2.71. The highest BCUT2D eigenvalue weighted by atomic mass is 16.2. The van der Waals surface area contributed by atoms with Crippen molar-refractivity contribution in [3.8, 4) is 0 Å². The van der Waals surface area contributed by atoms with Gasteiger partial charge < -0.3 is 14.8 Å². The third-order valence-corrected chi connectivity index (χ3v) is 4.39. The third kappa shape index (κ3) is 3.30.